The molecule has 2 aliphatic rings. The molecule has 1 saturated heterocycles. The third-order valence-electron chi connectivity index (χ3n) is 9.10. The third-order valence-corrected chi connectivity index (χ3v) is 9.69. The van der Waals surface area contributed by atoms with Crippen molar-refractivity contribution < 1.29 is 39.1 Å². The first kappa shape index (κ1) is 39.6. The van der Waals surface area contributed by atoms with E-state index in [2.05, 4.69) is 12.2 Å². The molecule has 9 nitrogen and oxygen atoms in total. The van der Waals surface area contributed by atoms with Crippen LogP contribution in [0.5, 0.6) is 0 Å². The third kappa shape index (κ3) is 11.7. The Morgan fingerprint density at radius 2 is 1.98 bits per heavy atom. The monoisotopic (exact) mass is 697 g/mol. The Balaban J connectivity index is 1.81. The number of nitrogens with one attached hydrogen (secondary N) is 1. The van der Waals surface area contributed by atoms with Crippen LogP contribution in [0.4, 0.5) is 0 Å². The van der Waals surface area contributed by atoms with Gasteiger partial charge in [-0.25, -0.2) is 0 Å². The molecule has 3 rings (SSSR count). The van der Waals surface area contributed by atoms with Crippen molar-refractivity contribution >= 4 is 29.2 Å². The average molecular weight is 699 g/mol. The summed E-state index contributed by atoms with van der Waals surface area (Å²) in [5, 5.41) is 37.9. The number of halogens is 2. The highest BCUT2D eigenvalue weighted by atomic mass is 35.5. The summed E-state index contributed by atoms with van der Waals surface area (Å²) < 4.78 is 22.8. The zero-order valence-electron chi connectivity index (χ0n) is 28.6. The summed E-state index contributed by atoms with van der Waals surface area (Å²) in [4.78, 5) is 12.8. The molecule has 47 heavy (non-hydrogen) atoms. The van der Waals surface area contributed by atoms with Crippen molar-refractivity contribution in [1.82, 2.24) is 5.32 Å². The number of cyclic esters (lactones) is 1. The van der Waals surface area contributed by atoms with Gasteiger partial charge in [-0.05, 0) is 69.8 Å². The van der Waals surface area contributed by atoms with Crippen LogP contribution in [-0.2, 0) is 30.2 Å². The van der Waals surface area contributed by atoms with Gasteiger partial charge in [0.25, 0.3) is 0 Å². The van der Waals surface area contributed by atoms with E-state index in [1.165, 1.54) is 7.11 Å². The maximum absolute atomic E-state index is 12.8. The summed E-state index contributed by atoms with van der Waals surface area (Å²) in [5.41, 5.74) is -0.852. The maximum atomic E-state index is 12.8. The van der Waals surface area contributed by atoms with E-state index in [-0.39, 0.29) is 43.3 Å². The molecule has 264 valence electrons. The number of epoxide rings is 1. The molecular formula is C36H53Cl2NO8. The number of hydrogen-bond donors (Lipinski definition) is 4. The van der Waals surface area contributed by atoms with E-state index < -0.39 is 41.5 Å². The maximum Gasteiger partial charge on any atom is 0.309 e. The van der Waals surface area contributed by atoms with E-state index in [4.69, 9.17) is 42.1 Å². The largest absolute Gasteiger partial charge is 0.457 e. The minimum atomic E-state index is -1.32. The van der Waals surface area contributed by atoms with E-state index >= 15 is 0 Å². The van der Waals surface area contributed by atoms with E-state index in [1.807, 2.05) is 32.1 Å². The lowest BCUT2D eigenvalue weighted by molar-refractivity contribution is -0.151. The number of methoxy groups -OCH3 is 2. The van der Waals surface area contributed by atoms with Gasteiger partial charge in [-0.1, -0.05) is 73.5 Å². The Kier molecular flexibility index (Phi) is 15.0. The number of allylic oxidation sites excluding steroid dienone is 2. The number of hydrogen-bond acceptors (Lipinski definition) is 9. The van der Waals surface area contributed by atoms with Crippen LogP contribution in [0.15, 0.2) is 54.2 Å². The topological polar surface area (TPSA) is 130 Å². The normalized spacial score (nSPS) is 31.8. The van der Waals surface area contributed by atoms with Gasteiger partial charge < -0.3 is 39.6 Å². The lowest BCUT2D eigenvalue weighted by Gasteiger charge is -2.32. The van der Waals surface area contributed by atoms with E-state index in [1.54, 1.807) is 51.3 Å². The van der Waals surface area contributed by atoms with Crippen molar-refractivity contribution in [2.45, 2.75) is 108 Å². The van der Waals surface area contributed by atoms with Gasteiger partial charge in [0.1, 0.15) is 18.3 Å². The molecule has 0 amide bonds. The molecule has 0 bridgehead atoms. The quantitative estimate of drug-likeness (QED) is 0.0950. The van der Waals surface area contributed by atoms with Crippen molar-refractivity contribution in [2.75, 3.05) is 27.4 Å². The second kappa shape index (κ2) is 17.7. The second-order valence-corrected chi connectivity index (χ2v) is 14.3. The molecule has 10 unspecified atom stereocenters. The van der Waals surface area contributed by atoms with Crippen molar-refractivity contribution in [2.24, 2.45) is 11.8 Å². The Bertz CT molecular complexity index is 1270. The van der Waals surface area contributed by atoms with Gasteiger partial charge in [0.15, 0.2) is 0 Å². The van der Waals surface area contributed by atoms with Gasteiger partial charge in [-0.2, -0.15) is 0 Å². The SMILES string of the molecule is COCC(C)C1OC1C(NCCc1ccc(Cl)cc1Cl)C(C)(O)C=CC=C(C)C1OC(=O)CC(O)CCC(C)(O)C(OC)C=CC1C. The van der Waals surface area contributed by atoms with E-state index in [0.29, 0.717) is 29.6 Å². The lowest BCUT2D eigenvalue weighted by atomic mass is 9.88. The molecular weight excluding hydrogens is 645 g/mol. The van der Waals surface area contributed by atoms with Gasteiger partial charge in [0.2, 0.25) is 0 Å². The van der Waals surface area contributed by atoms with Crippen LogP contribution in [0.25, 0.3) is 0 Å². The lowest BCUT2D eigenvalue weighted by Crippen LogP contribution is -2.52. The fourth-order valence-corrected chi connectivity index (χ4v) is 6.68. The highest BCUT2D eigenvalue weighted by molar-refractivity contribution is 6.35. The van der Waals surface area contributed by atoms with Gasteiger partial charge in [-0.15, -0.1) is 0 Å². The fraction of sp³-hybridized carbons (Fsp3) is 0.639. The fourth-order valence-electron chi connectivity index (χ4n) is 6.17. The zero-order valence-corrected chi connectivity index (χ0v) is 30.1. The molecule has 2 aliphatic heterocycles. The Morgan fingerprint density at radius 1 is 1.26 bits per heavy atom. The molecule has 0 aliphatic carbocycles. The van der Waals surface area contributed by atoms with Crippen molar-refractivity contribution in [3.63, 3.8) is 0 Å². The summed E-state index contributed by atoms with van der Waals surface area (Å²) in [7, 11) is 3.18. The molecule has 0 spiro atoms. The summed E-state index contributed by atoms with van der Waals surface area (Å²) >= 11 is 12.5. The Labute approximate surface area is 289 Å². The number of esters is 1. The Hall–Kier alpha value is -1.79. The van der Waals surface area contributed by atoms with E-state index in [0.717, 1.165) is 11.1 Å². The van der Waals surface area contributed by atoms with Crippen LogP contribution in [0, 0.1) is 11.8 Å². The van der Waals surface area contributed by atoms with Crippen LogP contribution in [-0.4, -0.2) is 96.4 Å². The molecule has 0 aromatic heterocycles. The van der Waals surface area contributed by atoms with Crippen molar-refractivity contribution in [3.8, 4) is 0 Å². The van der Waals surface area contributed by atoms with Crippen LogP contribution >= 0.6 is 23.2 Å². The highest BCUT2D eigenvalue weighted by Crippen LogP contribution is 2.37. The van der Waals surface area contributed by atoms with Crippen molar-refractivity contribution in [1.29, 1.82) is 0 Å². The molecule has 1 aromatic carbocycles. The number of carbonyl (C=O) groups is 1. The minimum Gasteiger partial charge on any atom is -0.457 e. The summed E-state index contributed by atoms with van der Waals surface area (Å²) in [6.45, 7) is 10.3. The Morgan fingerprint density at radius 3 is 2.64 bits per heavy atom. The number of aliphatic hydroxyl groups excluding tert-OH is 1. The van der Waals surface area contributed by atoms with Crippen LogP contribution in [0.2, 0.25) is 10.0 Å². The van der Waals surface area contributed by atoms with Crippen LogP contribution in [0.3, 0.4) is 0 Å². The molecule has 11 heteroatoms. The van der Waals surface area contributed by atoms with Crippen LogP contribution in [0.1, 0.15) is 59.4 Å². The molecule has 1 aromatic rings. The zero-order chi connectivity index (χ0) is 34.9. The molecule has 2 heterocycles. The molecule has 1 fully saturated rings. The number of ether oxygens (including phenoxy) is 4. The van der Waals surface area contributed by atoms with Crippen molar-refractivity contribution in [3.05, 3.63) is 69.8 Å². The summed E-state index contributed by atoms with van der Waals surface area (Å²) in [6.07, 6.45) is 7.34. The predicted octanol–water partition coefficient (Wildman–Crippen LogP) is 5.21. The number of benzene rings is 1. The smallest absolute Gasteiger partial charge is 0.309 e. The van der Waals surface area contributed by atoms with E-state index in [9.17, 15) is 20.1 Å². The number of aliphatic hydroxyl groups is 3. The first-order chi connectivity index (χ1) is 22.1. The molecule has 4 N–H and O–H groups in total. The number of rotatable bonds is 13. The minimum absolute atomic E-state index is 0.0703. The highest BCUT2D eigenvalue weighted by Gasteiger charge is 2.52. The van der Waals surface area contributed by atoms with Gasteiger partial charge in [-0.3, -0.25) is 4.79 Å². The number of carbonyl (C=O) groups excluding carboxylic acids is 1. The summed E-state index contributed by atoms with van der Waals surface area (Å²) in [5.74, 6) is -0.652. The second-order valence-electron chi connectivity index (χ2n) is 13.5. The first-order valence-corrected chi connectivity index (χ1v) is 17.1. The van der Waals surface area contributed by atoms with Gasteiger partial charge in [0.05, 0.1) is 42.5 Å². The molecule has 0 radical (unpaired) electrons. The van der Waals surface area contributed by atoms with Crippen LogP contribution < -0.4 is 5.32 Å². The average Bonchev–Trinajstić information content (AvgIpc) is 3.78. The van der Waals surface area contributed by atoms with Gasteiger partial charge in [0, 0.05) is 36.1 Å². The van der Waals surface area contributed by atoms with Gasteiger partial charge >= 0.3 is 5.97 Å². The standard InChI is InChI=1S/C36H53Cl2NO8/c1-22(31-23(2)10-13-29(45-7)35(4,42)17-14-27(40)20-30(41)46-31)9-8-16-36(5,43)34(33-32(47-33)24(3)21-44-6)39-18-15-25-11-12-26(37)19-28(25)38/h8-13,16,19,23-24,27,29,31-34,39-40,42-43H,14-15,17-18,20-21H2,1-7H3. The predicted molar refractivity (Wildman–Crippen MR) is 185 cm³/mol. The molecule has 0 saturated carbocycles. The first-order valence-electron chi connectivity index (χ1n) is 16.3. The molecule has 10 atom stereocenters. The summed E-state index contributed by atoms with van der Waals surface area (Å²) in [6, 6.07) is 4.98.